The molecule has 34 heavy (non-hydrogen) atoms. The predicted octanol–water partition coefficient (Wildman–Crippen LogP) is 6.13. The third-order valence-corrected chi connectivity index (χ3v) is 6.02. The van der Waals surface area contributed by atoms with Crippen LogP contribution < -0.4 is 4.74 Å². The normalized spacial score (nSPS) is 13.0. The molecule has 4 aromatic rings. The van der Waals surface area contributed by atoms with Crippen molar-refractivity contribution in [3.05, 3.63) is 101 Å². The van der Waals surface area contributed by atoms with Gasteiger partial charge in [-0.05, 0) is 49.6 Å². The first-order valence-electron chi connectivity index (χ1n) is 11.4. The first-order valence-corrected chi connectivity index (χ1v) is 11.4. The van der Waals surface area contributed by atoms with E-state index in [1.54, 1.807) is 27.8 Å². The van der Waals surface area contributed by atoms with Crippen LogP contribution in [0.5, 0.6) is 11.6 Å². The van der Waals surface area contributed by atoms with E-state index in [1.165, 1.54) is 6.07 Å². The van der Waals surface area contributed by atoms with Gasteiger partial charge in [-0.15, -0.1) is 0 Å². The number of aromatic nitrogens is 2. The summed E-state index contributed by atoms with van der Waals surface area (Å²) in [5.41, 5.74) is 3.64. The molecular weight excluding hydrogens is 429 g/mol. The van der Waals surface area contributed by atoms with Crippen molar-refractivity contribution < 1.29 is 13.9 Å². The molecule has 0 spiro atoms. The Morgan fingerprint density at radius 3 is 2.50 bits per heavy atom. The van der Waals surface area contributed by atoms with Gasteiger partial charge in [0.2, 0.25) is 5.88 Å². The van der Waals surface area contributed by atoms with Gasteiger partial charge in [-0.1, -0.05) is 54.6 Å². The van der Waals surface area contributed by atoms with Crippen molar-refractivity contribution in [3.63, 3.8) is 0 Å². The van der Waals surface area contributed by atoms with Crippen LogP contribution in [0.3, 0.4) is 0 Å². The van der Waals surface area contributed by atoms with Gasteiger partial charge in [0.15, 0.2) is 0 Å². The Kier molecular flexibility index (Phi) is 5.88. The molecule has 0 N–H and O–H groups in total. The third-order valence-electron chi connectivity index (χ3n) is 6.02. The molecule has 172 valence electrons. The van der Waals surface area contributed by atoms with Gasteiger partial charge in [-0.3, -0.25) is 4.79 Å². The lowest BCUT2D eigenvalue weighted by molar-refractivity contribution is 0.0724. The molecular formula is C28H26FN3O2. The van der Waals surface area contributed by atoms with E-state index in [2.05, 4.69) is 0 Å². The molecule has 0 radical (unpaired) electrons. The van der Waals surface area contributed by atoms with Crippen molar-refractivity contribution in [1.29, 1.82) is 0 Å². The van der Waals surface area contributed by atoms with Crippen molar-refractivity contribution in [2.75, 3.05) is 0 Å². The molecule has 1 aliphatic rings. The van der Waals surface area contributed by atoms with Crippen LogP contribution in [-0.2, 0) is 13.6 Å². The fraction of sp³-hybridized carbons (Fsp3) is 0.214. The number of halogens is 1. The second-order valence-corrected chi connectivity index (χ2v) is 8.68. The van der Waals surface area contributed by atoms with Crippen molar-refractivity contribution in [3.8, 4) is 22.9 Å². The van der Waals surface area contributed by atoms with E-state index in [-0.39, 0.29) is 24.1 Å². The predicted molar refractivity (Wildman–Crippen MR) is 129 cm³/mol. The number of ether oxygens (including phenoxy) is 1. The third kappa shape index (κ3) is 4.44. The first kappa shape index (κ1) is 21.9. The average Bonchev–Trinajstić information content (AvgIpc) is 3.64. The molecule has 1 amide bonds. The Labute approximate surface area is 198 Å². The maximum atomic E-state index is 14.5. The second-order valence-electron chi connectivity index (χ2n) is 8.68. The lowest BCUT2D eigenvalue weighted by Gasteiger charge is -2.23. The second kappa shape index (κ2) is 9.14. The monoisotopic (exact) mass is 455 g/mol. The van der Waals surface area contributed by atoms with Gasteiger partial charge in [-0.2, -0.15) is 5.10 Å². The Morgan fingerprint density at radius 1 is 1.06 bits per heavy atom. The highest BCUT2D eigenvalue weighted by Crippen LogP contribution is 2.37. The van der Waals surface area contributed by atoms with Crippen LogP contribution in [0.25, 0.3) is 11.3 Å². The highest BCUT2D eigenvalue weighted by atomic mass is 19.1. The van der Waals surface area contributed by atoms with Crippen LogP contribution in [0.4, 0.5) is 4.39 Å². The highest BCUT2D eigenvalue weighted by Gasteiger charge is 2.36. The zero-order chi connectivity index (χ0) is 23.7. The minimum atomic E-state index is -0.510. The maximum absolute atomic E-state index is 14.5. The van der Waals surface area contributed by atoms with Gasteiger partial charge < -0.3 is 9.64 Å². The quantitative estimate of drug-likeness (QED) is 0.337. The van der Waals surface area contributed by atoms with E-state index in [9.17, 15) is 9.18 Å². The zero-order valence-corrected chi connectivity index (χ0v) is 19.2. The summed E-state index contributed by atoms with van der Waals surface area (Å²) in [4.78, 5) is 15.2. The topological polar surface area (TPSA) is 47.4 Å². The molecule has 1 heterocycles. The average molecular weight is 456 g/mol. The minimum Gasteiger partial charge on any atom is -0.439 e. The molecule has 1 saturated carbocycles. The standard InChI is InChI=1S/C28H26FN3O2/c1-19-9-8-12-22(17-19)34-28-24(26(30-31(28)2)20-10-4-3-5-11-20)18-32(21-15-16-21)27(33)23-13-6-7-14-25(23)29/h3-14,17,21H,15-16,18H2,1-2H3. The molecule has 1 aromatic heterocycles. The highest BCUT2D eigenvalue weighted by molar-refractivity contribution is 5.95. The van der Waals surface area contributed by atoms with Crippen LogP contribution in [-0.4, -0.2) is 26.6 Å². The van der Waals surface area contributed by atoms with Crippen LogP contribution >= 0.6 is 0 Å². The first-order chi connectivity index (χ1) is 16.5. The number of carbonyl (C=O) groups is 1. The number of carbonyl (C=O) groups excluding carboxylic acids is 1. The SMILES string of the molecule is Cc1cccc(Oc2c(CN(C(=O)c3ccccc3F)C3CC3)c(-c3ccccc3)nn2C)c1. The maximum Gasteiger partial charge on any atom is 0.257 e. The van der Waals surface area contributed by atoms with E-state index in [0.717, 1.165) is 35.2 Å². The van der Waals surface area contributed by atoms with Crippen LogP contribution in [0.2, 0.25) is 0 Å². The van der Waals surface area contributed by atoms with Crippen molar-refractivity contribution in [1.82, 2.24) is 14.7 Å². The number of benzene rings is 3. The van der Waals surface area contributed by atoms with Crippen LogP contribution in [0.15, 0.2) is 78.9 Å². The fourth-order valence-corrected chi connectivity index (χ4v) is 4.15. The van der Waals surface area contributed by atoms with Crippen molar-refractivity contribution in [2.24, 2.45) is 7.05 Å². The lowest BCUT2D eigenvalue weighted by Crippen LogP contribution is -2.33. The van der Waals surface area contributed by atoms with E-state index in [1.807, 2.05) is 68.6 Å². The van der Waals surface area contributed by atoms with E-state index >= 15 is 0 Å². The number of rotatable bonds is 7. The Hall–Kier alpha value is -3.93. The van der Waals surface area contributed by atoms with Crippen molar-refractivity contribution in [2.45, 2.75) is 32.4 Å². The number of nitrogens with zero attached hydrogens (tertiary/aromatic N) is 3. The number of hydrogen-bond acceptors (Lipinski definition) is 3. The smallest absolute Gasteiger partial charge is 0.257 e. The van der Waals surface area contributed by atoms with Crippen LogP contribution in [0, 0.1) is 12.7 Å². The summed E-state index contributed by atoms with van der Waals surface area (Å²) in [6.07, 6.45) is 1.80. The molecule has 0 atom stereocenters. The Bertz CT molecular complexity index is 1330. The van der Waals surface area contributed by atoms with E-state index in [0.29, 0.717) is 11.6 Å². The van der Waals surface area contributed by atoms with Gasteiger partial charge in [0.25, 0.3) is 5.91 Å². The number of hydrogen-bond donors (Lipinski definition) is 0. The van der Waals surface area contributed by atoms with E-state index < -0.39 is 5.82 Å². The summed E-state index contributed by atoms with van der Waals surface area (Å²) in [5, 5.41) is 4.76. The number of amides is 1. The number of aryl methyl sites for hydroxylation is 2. The molecule has 6 heteroatoms. The summed E-state index contributed by atoms with van der Waals surface area (Å²) < 4.78 is 22.5. The molecule has 5 rings (SSSR count). The molecule has 1 aliphatic carbocycles. The zero-order valence-electron chi connectivity index (χ0n) is 19.2. The molecule has 3 aromatic carbocycles. The molecule has 5 nitrogen and oxygen atoms in total. The molecule has 0 saturated heterocycles. The lowest BCUT2D eigenvalue weighted by atomic mass is 10.1. The van der Waals surface area contributed by atoms with Crippen molar-refractivity contribution >= 4 is 5.91 Å². The summed E-state index contributed by atoms with van der Waals surface area (Å²) in [7, 11) is 1.83. The largest absolute Gasteiger partial charge is 0.439 e. The molecule has 0 bridgehead atoms. The van der Waals surface area contributed by atoms with Gasteiger partial charge in [0.1, 0.15) is 17.3 Å². The summed E-state index contributed by atoms with van der Waals surface area (Å²) in [6.45, 7) is 2.28. The van der Waals surface area contributed by atoms with Gasteiger partial charge in [-0.25, -0.2) is 9.07 Å². The summed E-state index contributed by atoms with van der Waals surface area (Å²) in [5.74, 6) is 0.438. The fourth-order valence-electron chi connectivity index (χ4n) is 4.15. The summed E-state index contributed by atoms with van der Waals surface area (Å²) in [6, 6.07) is 23.9. The Morgan fingerprint density at radius 2 is 1.79 bits per heavy atom. The molecule has 0 aliphatic heterocycles. The van der Waals surface area contributed by atoms with Crippen LogP contribution in [0.1, 0.15) is 34.3 Å². The molecule has 1 fully saturated rings. The summed E-state index contributed by atoms with van der Waals surface area (Å²) >= 11 is 0. The van der Waals surface area contributed by atoms with E-state index in [4.69, 9.17) is 9.84 Å². The van der Waals surface area contributed by atoms with Gasteiger partial charge >= 0.3 is 0 Å². The minimum absolute atomic E-state index is 0.0720. The van der Waals surface area contributed by atoms with Gasteiger partial charge in [0, 0.05) is 18.7 Å². The molecule has 0 unspecified atom stereocenters. The Balaban J connectivity index is 1.58. The van der Waals surface area contributed by atoms with Gasteiger partial charge in [0.05, 0.1) is 17.7 Å².